The molecule has 0 aliphatic rings. The molecule has 0 heterocycles. The number of nitrogens with one attached hydrogen (secondary N) is 1. The highest BCUT2D eigenvalue weighted by molar-refractivity contribution is 7.45. The molecule has 0 aliphatic heterocycles. The topological polar surface area (TPSA) is 140 Å². The first-order valence-electron chi connectivity index (χ1n) is 22.8. The molecule has 0 bridgehead atoms. The first-order valence-corrected chi connectivity index (χ1v) is 24.2. The van der Waals surface area contributed by atoms with E-state index in [9.17, 15) is 23.8 Å². The van der Waals surface area contributed by atoms with Gasteiger partial charge in [0.15, 0.2) is 6.10 Å². The lowest BCUT2D eigenvalue weighted by molar-refractivity contribution is -0.228. The lowest BCUT2D eigenvalue weighted by Gasteiger charge is -2.25. The summed E-state index contributed by atoms with van der Waals surface area (Å²) < 4.78 is 33.2. The largest absolute Gasteiger partial charge is 0.756 e. The van der Waals surface area contributed by atoms with Gasteiger partial charge in [0, 0.05) is 25.8 Å². The zero-order valence-electron chi connectivity index (χ0n) is 36.0. The molecule has 1 unspecified atom stereocenters. The van der Waals surface area contributed by atoms with Gasteiger partial charge >= 0.3 is 11.9 Å². The van der Waals surface area contributed by atoms with Gasteiger partial charge in [0.05, 0.1) is 13.2 Å². The molecule has 0 fully saturated rings. The summed E-state index contributed by atoms with van der Waals surface area (Å²) in [6.45, 7) is 5.40. The zero-order valence-corrected chi connectivity index (χ0v) is 36.9. The molecule has 328 valence electrons. The van der Waals surface area contributed by atoms with Crippen molar-refractivity contribution in [2.45, 2.75) is 219 Å². The number of phosphoric ester groups is 1. The molecule has 0 rings (SSSR count). The van der Waals surface area contributed by atoms with Crippen molar-refractivity contribution in [3.8, 4) is 0 Å². The molecule has 0 saturated carbocycles. The average Bonchev–Trinajstić information content (AvgIpc) is 3.18. The van der Waals surface area contributed by atoms with Crippen molar-refractivity contribution in [3.63, 3.8) is 0 Å². The summed E-state index contributed by atoms with van der Waals surface area (Å²) >= 11 is 0. The number of ether oxygens (including phenoxy) is 2. The Balaban J connectivity index is 4.52. The molecule has 56 heavy (non-hydrogen) atoms. The van der Waals surface area contributed by atoms with Gasteiger partial charge in [-0.2, -0.15) is 0 Å². The van der Waals surface area contributed by atoms with Crippen LogP contribution in [-0.4, -0.2) is 50.3 Å². The van der Waals surface area contributed by atoms with Crippen molar-refractivity contribution in [3.05, 3.63) is 24.3 Å². The number of esters is 2. The van der Waals surface area contributed by atoms with Gasteiger partial charge in [0.2, 0.25) is 5.91 Å². The SMILES string of the molecule is CCCCC/C=C\C/C=C\CCCCCCCC(=O)O[C@H](COC(=O)CCCCCCCCCCCCCCC)COP(=O)([O-])OCCNC(=O)CCCCC. The monoisotopic (exact) mass is 813 g/mol. The molecule has 1 amide bonds. The van der Waals surface area contributed by atoms with Crippen molar-refractivity contribution in [1.29, 1.82) is 0 Å². The van der Waals surface area contributed by atoms with Gasteiger partial charge in [-0.05, 0) is 51.4 Å². The van der Waals surface area contributed by atoms with Crippen LogP contribution in [0.15, 0.2) is 24.3 Å². The second-order valence-corrected chi connectivity index (χ2v) is 16.6. The molecule has 2 atom stereocenters. The van der Waals surface area contributed by atoms with Crippen LogP contribution in [0.5, 0.6) is 0 Å². The van der Waals surface area contributed by atoms with E-state index >= 15 is 0 Å². The molecule has 1 N–H and O–H groups in total. The maximum atomic E-state index is 12.7. The van der Waals surface area contributed by atoms with Crippen LogP contribution in [0.1, 0.15) is 213 Å². The van der Waals surface area contributed by atoms with Crippen LogP contribution in [0.4, 0.5) is 0 Å². The van der Waals surface area contributed by atoms with Crippen molar-refractivity contribution >= 4 is 25.7 Å². The van der Waals surface area contributed by atoms with E-state index < -0.39 is 32.5 Å². The molecule has 11 heteroatoms. The third-order valence-electron chi connectivity index (χ3n) is 9.64. The van der Waals surface area contributed by atoms with E-state index in [4.69, 9.17) is 18.5 Å². The number of phosphoric acid groups is 1. The third kappa shape index (κ3) is 40.2. The third-order valence-corrected chi connectivity index (χ3v) is 10.6. The zero-order chi connectivity index (χ0) is 41.2. The molecule has 0 spiro atoms. The van der Waals surface area contributed by atoms with Crippen LogP contribution in [0.2, 0.25) is 0 Å². The Morgan fingerprint density at radius 3 is 1.57 bits per heavy atom. The van der Waals surface area contributed by atoms with E-state index in [2.05, 4.69) is 43.5 Å². The second kappa shape index (κ2) is 41.2. The Labute approximate surface area is 342 Å². The van der Waals surface area contributed by atoms with Crippen LogP contribution in [0.25, 0.3) is 0 Å². The molecule has 0 aromatic rings. The lowest BCUT2D eigenvalue weighted by atomic mass is 10.0. The number of carbonyl (C=O) groups is 3. The van der Waals surface area contributed by atoms with Gasteiger partial charge in [-0.15, -0.1) is 0 Å². The number of hydrogen-bond donors (Lipinski definition) is 1. The molecule has 10 nitrogen and oxygen atoms in total. The minimum Gasteiger partial charge on any atom is -0.756 e. The summed E-state index contributed by atoms with van der Waals surface area (Å²) in [5.41, 5.74) is 0. The van der Waals surface area contributed by atoms with Crippen molar-refractivity contribution in [2.75, 3.05) is 26.4 Å². The maximum Gasteiger partial charge on any atom is 0.306 e. The number of hydrogen-bond acceptors (Lipinski definition) is 9. The summed E-state index contributed by atoms with van der Waals surface area (Å²) in [4.78, 5) is 49.4. The van der Waals surface area contributed by atoms with E-state index in [0.717, 1.165) is 83.5 Å². The molecule has 0 radical (unpaired) electrons. The summed E-state index contributed by atoms with van der Waals surface area (Å²) in [5.74, 6) is -1.08. The Morgan fingerprint density at radius 1 is 0.554 bits per heavy atom. The fourth-order valence-corrected chi connectivity index (χ4v) is 6.91. The number of amides is 1. The van der Waals surface area contributed by atoms with Gasteiger partial charge in [-0.1, -0.05) is 167 Å². The summed E-state index contributed by atoms with van der Waals surface area (Å²) in [7, 11) is -4.76. The van der Waals surface area contributed by atoms with Crippen LogP contribution < -0.4 is 10.2 Å². The van der Waals surface area contributed by atoms with Crippen molar-refractivity contribution < 1.29 is 42.4 Å². The number of allylic oxidation sites excluding steroid dienone is 4. The Kier molecular flexibility index (Phi) is 39.7. The summed E-state index contributed by atoms with van der Waals surface area (Å²) in [6.07, 6.45) is 38.8. The normalized spacial score (nSPS) is 13.3. The first kappa shape index (κ1) is 54.0. The predicted molar refractivity (Wildman–Crippen MR) is 227 cm³/mol. The molecule has 0 saturated heterocycles. The lowest BCUT2D eigenvalue weighted by Crippen LogP contribution is -2.31. The van der Waals surface area contributed by atoms with E-state index in [0.29, 0.717) is 19.3 Å². The Morgan fingerprint density at radius 2 is 1.00 bits per heavy atom. The minimum absolute atomic E-state index is 0.0172. The maximum absolute atomic E-state index is 12.7. The highest BCUT2D eigenvalue weighted by Gasteiger charge is 2.21. The highest BCUT2D eigenvalue weighted by Crippen LogP contribution is 2.38. The molecule has 0 aliphatic carbocycles. The predicted octanol–water partition coefficient (Wildman–Crippen LogP) is 11.9. The first-order chi connectivity index (χ1) is 27.2. The molecule has 0 aromatic heterocycles. The van der Waals surface area contributed by atoms with Gasteiger partial charge in [0.25, 0.3) is 7.82 Å². The van der Waals surface area contributed by atoms with E-state index in [1.54, 1.807) is 0 Å². The Bertz CT molecular complexity index is 1040. The van der Waals surface area contributed by atoms with Gasteiger partial charge < -0.3 is 28.7 Å². The van der Waals surface area contributed by atoms with Crippen molar-refractivity contribution in [1.82, 2.24) is 5.32 Å². The van der Waals surface area contributed by atoms with Gasteiger partial charge in [0.1, 0.15) is 6.61 Å². The molecular formula is C45H83NO9P-. The fraction of sp³-hybridized carbons (Fsp3) is 0.844. The smallest absolute Gasteiger partial charge is 0.306 e. The molecular weight excluding hydrogens is 729 g/mol. The Hall–Kier alpha value is -2.00. The van der Waals surface area contributed by atoms with Gasteiger partial charge in [-0.3, -0.25) is 18.9 Å². The number of unbranched alkanes of at least 4 members (excludes halogenated alkanes) is 22. The van der Waals surface area contributed by atoms with Crippen LogP contribution >= 0.6 is 7.82 Å². The highest BCUT2D eigenvalue weighted by atomic mass is 31.2. The van der Waals surface area contributed by atoms with E-state index in [1.807, 2.05) is 6.92 Å². The number of carbonyl (C=O) groups excluding carboxylic acids is 3. The van der Waals surface area contributed by atoms with Crippen LogP contribution in [0.3, 0.4) is 0 Å². The average molecular weight is 813 g/mol. The van der Waals surface area contributed by atoms with E-state index in [1.165, 1.54) is 77.0 Å². The standard InChI is InChI=1S/C45H84NO9P/c1-4-7-10-12-14-16-18-20-21-23-25-27-29-31-34-37-45(49)55-42(41-54-56(50,51)53-39-38-46-43(47)35-32-9-6-3)40-52-44(48)36-33-30-28-26-24-22-19-17-15-13-11-8-5-2/h14,16,20-21,42H,4-13,15,17-19,22-41H2,1-3H3,(H,46,47)(H,50,51)/p-1/b16-14-,21-20-/t42-/m1/s1. The summed E-state index contributed by atoms with van der Waals surface area (Å²) in [6, 6.07) is 0. The van der Waals surface area contributed by atoms with Crippen LogP contribution in [0, 0.1) is 0 Å². The molecule has 0 aromatic carbocycles. The van der Waals surface area contributed by atoms with Crippen molar-refractivity contribution in [2.24, 2.45) is 0 Å². The minimum atomic E-state index is -4.76. The van der Waals surface area contributed by atoms with Gasteiger partial charge in [-0.25, -0.2) is 0 Å². The summed E-state index contributed by atoms with van der Waals surface area (Å²) in [5, 5.41) is 2.63. The van der Waals surface area contributed by atoms with E-state index in [-0.39, 0.29) is 38.5 Å². The second-order valence-electron chi connectivity index (χ2n) is 15.2. The number of rotatable bonds is 42. The quantitative estimate of drug-likeness (QED) is 0.0276. The fourth-order valence-electron chi connectivity index (χ4n) is 6.17. The van der Waals surface area contributed by atoms with Crippen LogP contribution in [-0.2, 0) is 37.5 Å².